The summed E-state index contributed by atoms with van der Waals surface area (Å²) in [7, 11) is 0. The minimum atomic E-state index is 0.419. The molecular weight excluding hydrogens is 190 g/mol. The highest BCUT2D eigenvalue weighted by Crippen LogP contribution is 2.10. The Labute approximate surface area is 59.2 Å². The second-order valence-corrected chi connectivity index (χ2v) is 3.20. The van der Waals surface area contributed by atoms with Gasteiger partial charge in [0.15, 0.2) is 9.74 Å². The first-order chi connectivity index (χ1) is 3.83. The number of hydrogen-bond acceptors (Lipinski definition) is 4. The van der Waals surface area contributed by atoms with Gasteiger partial charge < -0.3 is 5.73 Å². The summed E-state index contributed by atoms with van der Waals surface area (Å²) in [4.78, 5) is 3.93. The Hall–Kier alpha value is -0.0000000000000000555. The lowest BCUT2D eigenvalue weighted by atomic mass is 10.6. The molecule has 1 aromatic rings. The van der Waals surface area contributed by atoms with Crippen molar-refractivity contribution in [2.24, 2.45) is 5.73 Å². The molecule has 0 radical (unpaired) electrons. The van der Waals surface area contributed by atoms with E-state index in [0.29, 0.717) is 12.4 Å². The number of nitrogens with two attached hydrogens (primary N) is 1. The molecule has 3 nitrogen and oxygen atoms in total. The molecule has 0 spiro atoms. The third-order valence-electron chi connectivity index (χ3n) is 0.626. The maximum Gasteiger partial charge on any atom is 0.179 e. The maximum absolute atomic E-state index is 5.22. The van der Waals surface area contributed by atoms with Crippen molar-refractivity contribution in [2.75, 3.05) is 0 Å². The molecular formula is C3H4BrN3S. The fourth-order valence-electron chi connectivity index (χ4n) is 0.316. The van der Waals surface area contributed by atoms with Gasteiger partial charge in [-0.1, -0.05) is 0 Å². The minimum Gasteiger partial charge on any atom is -0.324 e. The van der Waals surface area contributed by atoms with Crippen LogP contribution >= 0.6 is 27.5 Å². The van der Waals surface area contributed by atoms with Crippen LogP contribution in [-0.4, -0.2) is 9.36 Å². The second kappa shape index (κ2) is 2.52. The van der Waals surface area contributed by atoms with Gasteiger partial charge in [0.05, 0.1) is 6.54 Å². The van der Waals surface area contributed by atoms with E-state index >= 15 is 0 Å². The Balaban J connectivity index is 2.84. The lowest BCUT2D eigenvalue weighted by Crippen LogP contribution is -1.97. The van der Waals surface area contributed by atoms with E-state index in [1.54, 1.807) is 0 Å². The zero-order valence-corrected chi connectivity index (χ0v) is 6.37. The van der Waals surface area contributed by atoms with E-state index in [-0.39, 0.29) is 0 Å². The first kappa shape index (κ1) is 6.12. The fourth-order valence-corrected chi connectivity index (χ4v) is 1.18. The van der Waals surface area contributed by atoms with Gasteiger partial charge in [-0.3, -0.25) is 0 Å². The highest BCUT2D eigenvalue weighted by Gasteiger charge is 1.95. The molecule has 0 aliphatic heterocycles. The number of rotatable bonds is 1. The molecule has 5 heteroatoms. The lowest BCUT2D eigenvalue weighted by molar-refractivity contribution is 0.953. The molecule has 0 saturated carbocycles. The van der Waals surface area contributed by atoms with Crippen molar-refractivity contribution in [3.05, 3.63) is 9.74 Å². The van der Waals surface area contributed by atoms with E-state index in [1.807, 2.05) is 0 Å². The first-order valence-corrected chi connectivity index (χ1v) is 3.57. The van der Waals surface area contributed by atoms with Crippen LogP contribution in [-0.2, 0) is 6.54 Å². The Morgan fingerprint density at radius 1 is 1.75 bits per heavy atom. The van der Waals surface area contributed by atoms with Crippen LogP contribution in [0.2, 0.25) is 0 Å². The first-order valence-electron chi connectivity index (χ1n) is 2.01. The smallest absolute Gasteiger partial charge is 0.179 e. The van der Waals surface area contributed by atoms with Crippen molar-refractivity contribution in [3.8, 4) is 0 Å². The lowest BCUT2D eigenvalue weighted by Gasteiger charge is -1.77. The fraction of sp³-hybridized carbons (Fsp3) is 0.333. The van der Waals surface area contributed by atoms with E-state index in [9.17, 15) is 0 Å². The molecule has 1 rings (SSSR count). The van der Waals surface area contributed by atoms with Crippen molar-refractivity contribution in [1.29, 1.82) is 0 Å². The minimum absolute atomic E-state index is 0.419. The normalized spacial score (nSPS) is 9.75. The summed E-state index contributed by atoms with van der Waals surface area (Å²) in [5.74, 6) is 0.696. The maximum atomic E-state index is 5.22. The van der Waals surface area contributed by atoms with Crippen LogP contribution in [0.5, 0.6) is 0 Å². The van der Waals surface area contributed by atoms with Gasteiger partial charge in [-0.05, 0) is 27.5 Å². The van der Waals surface area contributed by atoms with Crippen molar-refractivity contribution < 1.29 is 0 Å². The Morgan fingerprint density at radius 3 is 2.75 bits per heavy atom. The standard InChI is InChI=1S/C3H4BrN3S/c4-3-6-2(1-5)7-8-3/h1,5H2. The van der Waals surface area contributed by atoms with Crippen molar-refractivity contribution in [3.63, 3.8) is 0 Å². The summed E-state index contributed by atoms with van der Waals surface area (Å²) in [5, 5.41) is 0. The van der Waals surface area contributed by atoms with Crippen molar-refractivity contribution >= 4 is 27.5 Å². The molecule has 0 saturated heterocycles. The van der Waals surface area contributed by atoms with Gasteiger partial charge in [0.1, 0.15) is 0 Å². The van der Waals surface area contributed by atoms with Crippen LogP contribution in [0.1, 0.15) is 5.82 Å². The van der Waals surface area contributed by atoms with E-state index in [4.69, 9.17) is 5.73 Å². The third-order valence-corrected chi connectivity index (χ3v) is 1.78. The van der Waals surface area contributed by atoms with Crippen molar-refractivity contribution in [1.82, 2.24) is 9.36 Å². The number of halogens is 1. The zero-order valence-electron chi connectivity index (χ0n) is 3.97. The van der Waals surface area contributed by atoms with E-state index in [1.165, 1.54) is 11.5 Å². The zero-order chi connectivity index (χ0) is 5.98. The summed E-state index contributed by atoms with van der Waals surface area (Å²) in [5.41, 5.74) is 5.22. The van der Waals surface area contributed by atoms with Gasteiger partial charge in [-0.2, -0.15) is 4.37 Å². The summed E-state index contributed by atoms with van der Waals surface area (Å²) in [6, 6.07) is 0. The summed E-state index contributed by atoms with van der Waals surface area (Å²) in [6.45, 7) is 0.419. The van der Waals surface area contributed by atoms with Crippen LogP contribution in [0.4, 0.5) is 0 Å². The third kappa shape index (κ3) is 1.24. The van der Waals surface area contributed by atoms with Gasteiger partial charge in [0, 0.05) is 0 Å². The summed E-state index contributed by atoms with van der Waals surface area (Å²) < 4.78 is 4.68. The molecule has 0 unspecified atom stereocenters. The van der Waals surface area contributed by atoms with Crippen LogP contribution in [0, 0.1) is 0 Å². The summed E-state index contributed by atoms with van der Waals surface area (Å²) in [6.07, 6.45) is 0. The molecule has 1 aromatic heterocycles. The number of hydrogen-bond donors (Lipinski definition) is 1. The average Bonchev–Trinajstić information content (AvgIpc) is 2.14. The SMILES string of the molecule is NCc1nsc(Br)n1. The van der Waals surface area contributed by atoms with E-state index in [2.05, 4.69) is 25.3 Å². The highest BCUT2D eigenvalue weighted by molar-refractivity contribution is 9.11. The second-order valence-electron chi connectivity index (χ2n) is 1.17. The number of aromatic nitrogens is 2. The van der Waals surface area contributed by atoms with Gasteiger partial charge in [-0.15, -0.1) is 0 Å². The molecule has 2 N–H and O–H groups in total. The molecule has 44 valence electrons. The highest BCUT2D eigenvalue weighted by atomic mass is 79.9. The predicted molar refractivity (Wildman–Crippen MR) is 35.5 cm³/mol. The molecule has 0 aliphatic carbocycles. The van der Waals surface area contributed by atoms with Crippen LogP contribution in [0.15, 0.2) is 3.92 Å². The largest absolute Gasteiger partial charge is 0.324 e. The van der Waals surface area contributed by atoms with Gasteiger partial charge in [-0.25, -0.2) is 4.98 Å². The van der Waals surface area contributed by atoms with Crippen LogP contribution in [0.3, 0.4) is 0 Å². The topological polar surface area (TPSA) is 51.8 Å². The summed E-state index contributed by atoms with van der Waals surface area (Å²) >= 11 is 4.47. The molecule has 8 heavy (non-hydrogen) atoms. The molecule has 0 fully saturated rings. The predicted octanol–water partition coefficient (Wildman–Crippen LogP) is 0.759. The van der Waals surface area contributed by atoms with Gasteiger partial charge >= 0.3 is 0 Å². The Kier molecular flexibility index (Phi) is 1.93. The Morgan fingerprint density at radius 2 is 2.50 bits per heavy atom. The molecule has 1 heterocycles. The van der Waals surface area contributed by atoms with Gasteiger partial charge in [0.25, 0.3) is 0 Å². The van der Waals surface area contributed by atoms with E-state index < -0.39 is 0 Å². The molecule has 0 amide bonds. The Bertz CT molecular complexity index is 175. The average molecular weight is 194 g/mol. The van der Waals surface area contributed by atoms with E-state index in [0.717, 1.165) is 3.92 Å². The quantitative estimate of drug-likeness (QED) is 0.717. The van der Waals surface area contributed by atoms with Crippen molar-refractivity contribution in [2.45, 2.75) is 6.54 Å². The molecule has 0 aromatic carbocycles. The van der Waals surface area contributed by atoms with Crippen LogP contribution in [0.25, 0.3) is 0 Å². The molecule has 0 aliphatic rings. The number of nitrogens with zero attached hydrogens (tertiary/aromatic N) is 2. The monoisotopic (exact) mass is 193 g/mol. The van der Waals surface area contributed by atoms with Crippen LogP contribution < -0.4 is 5.73 Å². The van der Waals surface area contributed by atoms with Gasteiger partial charge in [0.2, 0.25) is 0 Å². The molecule has 0 bridgehead atoms. The molecule has 0 atom stereocenters.